The first-order chi connectivity index (χ1) is 11.0. The molecule has 3 rings (SSSR count). The second-order valence-corrected chi connectivity index (χ2v) is 6.41. The number of furan rings is 1. The number of hydrogen-bond acceptors (Lipinski definition) is 5. The van der Waals surface area contributed by atoms with E-state index in [4.69, 9.17) is 4.42 Å². The fourth-order valence-electron chi connectivity index (χ4n) is 2.01. The van der Waals surface area contributed by atoms with Crippen LogP contribution in [0.2, 0.25) is 0 Å². The van der Waals surface area contributed by atoms with E-state index < -0.39 is 15.8 Å². The summed E-state index contributed by atoms with van der Waals surface area (Å²) in [4.78, 5) is 7.80. The van der Waals surface area contributed by atoms with Gasteiger partial charge in [0.2, 0.25) is 5.95 Å². The predicted molar refractivity (Wildman–Crippen MR) is 81.7 cm³/mol. The average molecular weight is 333 g/mol. The molecule has 0 saturated carbocycles. The summed E-state index contributed by atoms with van der Waals surface area (Å²) in [6.07, 6.45) is 2.89. The van der Waals surface area contributed by atoms with E-state index in [1.165, 1.54) is 24.6 Å². The molecule has 0 unspecified atom stereocenters. The molecule has 118 valence electrons. The Morgan fingerprint density at radius 2 is 2.04 bits per heavy atom. The van der Waals surface area contributed by atoms with Gasteiger partial charge in [0.05, 0.1) is 11.2 Å². The molecule has 3 aromatic rings. The smallest absolute Gasteiger partial charge is 0.264 e. The minimum Gasteiger partial charge on any atom is -0.463 e. The van der Waals surface area contributed by atoms with Crippen LogP contribution in [0.3, 0.4) is 0 Å². The van der Waals surface area contributed by atoms with Crippen LogP contribution in [0, 0.1) is 12.7 Å². The van der Waals surface area contributed by atoms with Crippen molar-refractivity contribution in [2.45, 2.75) is 11.8 Å². The molecule has 0 saturated heterocycles. The van der Waals surface area contributed by atoms with E-state index in [1.807, 2.05) is 0 Å². The van der Waals surface area contributed by atoms with E-state index in [0.29, 0.717) is 17.0 Å². The van der Waals surface area contributed by atoms with Gasteiger partial charge >= 0.3 is 0 Å². The molecule has 0 amide bonds. The Kier molecular flexibility index (Phi) is 3.83. The quantitative estimate of drug-likeness (QED) is 0.793. The molecule has 1 aromatic carbocycles. The van der Waals surface area contributed by atoms with Gasteiger partial charge < -0.3 is 4.42 Å². The first-order valence-corrected chi connectivity index (χ1v) is 8.10. The van der Waals surface area contributed by atoms with Gasteiger partial charge in [-0.3, -0.25) is 0 Å². The zero-order valence-electron chi connectivity index (χ0n) is 12.0. The maximum absolute atomic E-state index is 13.3. The summed E-state index contributed by atoms with van der Waals surface area (Å²) in [6, 6.07) is 8.51. The fraction of sp³-hybridized carbons (Fsp3) is 0.0667. The van der Waals surface area contributed by atoms with Crippen molar-refractivity contribution in [3.8, 4) is 11.5 Å². The monoisotopic (exact) mass is 333 g/mol. The van der Waals surface area contributed by atoms with Crippen LogP contribution in [0.15, 0.2) is 58.2 Å². The standard InChI is InChI=1S/C15H12FN3O3S/c1-10-4-5-11(16)9-14(10)23(20,21)19-15-17-7-6-12(18-15)13-3-2-8-22-13/h2-9H,1H3,(H,17,18,19). The van der Waals surface area contributed by atoms with Gasteiger partial charge in [-0.15, -0.1) is 0 Å². The zero-order valence-corrected chi connectivity index (χ0v) is 12.8. The summed E-state index contributed by atoms with van der Waals surface area (Å²) in [7, 11) is -4.00. The van der Waals surface area contributed by atoms with Gasteiger partial charge in [-0.05, 0) is 42.8 Å². The van der Waals surface area contributed by atoms with E-state index in [9.17, 15) is 12.8 Å². The van der Waals surface area contributed by atoms with E-state index in [2.05, 4.69) is 14.7 Å². The van der Waals surface area contributed by atoms with Crippen LogP contribution in [-0.2, 0) is 10.0 Å². The lowest BCUT2D eigenvalue weighted by molar-refractivity contribution is 0.579. The van der Waals surface area contributed by atoms with Crippen LogP contribution in [0.4, 0.5) is 10.3 Å². The minimum atomic E-state index is -4.00. The van der Waals surface area contributed by atoms with Crippen molar-refractivity contribution in [3.63, 3.8) is 0 Å². The van der Waals surface area contributed by atoms with Gasteiger partial charge in [0, 0.05) is 6.20 Å². The summed E-state index contributed by atoms with van der Waals surface area (Å²) in [5, 5.41) is 0. The molecule has 2 aromatic heterocycles. The molecular formula is C15H12FN3O3S. The van der Waals surface area contributed by atoms with Crippen molar-refractivity contribution < 1.29 is 17.2 Å². The van der Waals surface area contributed by atoms with E-state index in [-0.39, 0.29) is 10.8 Å². The highest BCUT2D eigenvalue weighted by atomic mass is 32.2. The van der Waals surface area contributed by atoms with Gasteiger partial charge in [0.1, 0.15) is 11.5 Å². The number of sulfonamides is 1. The lowest BCUT2D eigenvalue weighted by Gasteiger charge is -2.09. The van der Waals surface area contributed by atoms with E-state index in [1.54, 1.807) is 25.1 Å². The molecule has 0 atom stereocenters. The van der Waals surface area contributed by atoms with Crippen molar-refractivity contribution in [1.29, 1.82) is 0 Å². The van der Waals surface area contributed by atoms with Crippen LogP contribution >= 0.6 is 0 Å². The van der Waals surface area contributed by atoms with Crippen LogP contribution in [0.1, 0.15) is 5.56 Å². The first kappa shape index (κ1) is 15.2. The number of anilines is 1. The van der Waals surface area contributed by atoms with Crippen LogP contribution in [0.5, 0.6) is 0 Å². The number of benzene rings is 1. The van der Waals surface area contributed by atoms with Crippen LogP contribution in [-0.4, -0.2) is 18.4 Å². The maximum atomic E-state index is 13.3. The van der Waals surface area contributed by atoms with Gasteiger partial charge in [-0.2, -0.15) is 0 Å². The number of aryl methyl sites for hydroxylation is 1. The summed E-state index contributed by atoms with van der Waals surface area (Å²) in [6.45, 7) is 1.58. The zero-order chi connectivity index (χ0) is 16.4. The number of nitrogens with zero attached hydrogens (tertiary/aromatic N) is 2. The Morgan fingerprint density at radius 1 is 1.22 bits per heavy atom. The topological polar surface area (TPSA) is 85.1 Å². The highest BCUT2D eigenvalue weighted by molar-refractivity contribution is 7.92. The lowest BCUT2D eigenvalue weighted by atomic mass is 10.2. The molecule has 0 bridgehead atoms. The molecule has 0 radical (unpaired) electrons. The molecule has 0 aliphatic carbocycles. The molecule has 23 heavy (non-hydrogen) atoms. The largest absolute Gasteiger partial charge is 0.463 e. The van der Waals surface area contributed by atoms with Gasteiger partial charge in [-0.25, -0.2) is 27.5 Å². The average Bonchev–Trinajstić information content (AvgIpc) is 3.04. The minimum absolute atomic E-state index is 0.123. The Hall–Kier alpha value is -2.74. The molecule has 0 spiro atoms. The normalized spacial score (nSPS) is 11.4. The van der Waals surface area contributed by atoms with E-state index >= 15 is 0 Å². The molecule has 8 heteroatoms. The van der Waals surface area contributed by atoms with Crippen molar-refractivity contribution in [2.24, 2.45) is 0 Å². The van der Waals surface area contributed by atoms with Gasteiger partial charge in [0.15, 0.2) is 5.76 Å². The first-order valence-electron chi connectivity index (χ1n) is 6.61. The molecule has 6 nitrogen and oxygen atoms in total. The Morgan fingerprint density at radius 3 is 2.78 bits per heavy atom. The van der Waals surface area contributed by atoms with Crippen molar-refractivity contribution >= 4 is 16.0 Å². The Labute approximate surface area is 132 Å². The summed E-state index contributed by atoms with van der Waals surface area (Å²) in [5.41, 5.74) is 0.847. The molecule has 2 heterocycles. The maximum Gasteiger partial charge on any atom is 0.264 e. The number of rotatable bonds is 4. The molecule has 0 aliphatic heterocycles. The summed E-state index contributed by atoms with van der Waals surface area (Å²) < 4.78 is 45.6. The highest BCUT2D eigenvalue weighted by Gasteiger charge is 2.19. The highest BCUT2D eigenvalue weighted by Crippen LogP contribution is 2.21. The lowest BCUT2D eigenvalue weighted by Crippen LogP contribution is -2.16. The Bertz CT molecular complexity index is 940. The predicted octanol–water partition coefficient (Wildman–Crippen LogP) is 2.98. The Balaban J connectivity index is 1.95. The van der Waals surface area contributed by atoms with Gasteiger partial charge in [-0.1, -0.05) is 6.07 Å². The third-order valence-electron chi connectivity index (χ3n) is 3.09. The molecule has 0 aliphatic rings. The molecule has 0 fully saturated rings. The SMILES string of the molecule is Cc1ccc(F)cc1S(=O)(=O)Nc1nccc(-c2ccco2)n1. The number of hydrogen-bond donors (Lipinski definition) is 1. The second kappa shape index (κ2) is 5.81. The van der Waals surface area contributed by atoms with Crippen molar-refractivity contribution in [3.05, 3.63) is 60.2 Å². The van der Waals surface area contributed by atoms with Gasteiger partial charge in [0.25, 0.3) is 10.0 Å². The van der Waals surface area contributed by atoms with Crippen molar-refractivity contribution in [2.75, 3.05) is 4.72 Å². The number of nitrogens with one attached hydrogen (secondary N) is 1. The van der Waals surface area contributed by atoms with Crippen LogP contribution in [0.25, 0.3) is 11.5 Å². The van der Waals surface area contributed by atoms with Crippen LogP contribution < -0.4 is 4.72 Å². The third-order valence-corrected chi connectivity index (χ3v) is 4.56. The fourth-order valence-corrected chi connectivity index (χ4v) is 3.22. The third kappa shape index (κ3) is 3.21. The number of aromatic nitrogens is 2. The number of halogens is 1. The molecular weight excluding hydrogens is 321 g/mol. The second-order valence-electron chi connectivity index (χ2n) is 4.76. The summed E-state index contributed by atoms with van der Waals surface area (Å²) in [5.74, 6) is -0.279. The molecule has 1 N–H and O–H groups in total. The summed E-state index contributed by atoms with van der Waals surface area (Å²) >= 11 is 0. The van der Waals surface area contributed by atoms with Crippen molar-refractivity contribution in [1.82, 2.24) is 9.97 Å². The van der Waals surface area contributed by atoms with E-state index in [0.717, 1.165) is 6.07 Å².